The van der Waals surface area contributed by atoms with Gasteiger partial charge in [0.15, 0.2) is 0 Å². The summed E-state index contributed by atoms with van der Waals surface area (Å²) in [6.45, 7) is 9.88. The number of aliphatic hydroxyl groups is 2. The second-order valence-corrected chi connectivity index (χ2v) is 5.49. The summed E-state index contributed by atoms with van der Waals surface area (Å²) in [7, 11) is 0. The second-order valence-electron chi connectivity index (χ2n) is 5.49. The van der Waals surface area contributed by atoms with Gasteiger partial charge in [0, 0.05) is 25.0 Å². The van der Waals surface area contributed by atoms with Gasteiger partial charge in [0.05, 0.1) is 11.7 Å². The Morgan fingerprint density at radius 3 is 2.31 bits per heavy atom. The average Bonchev–Trinajstić information content (AvgIpc) is 2.01. The number of hydrogen-bond donors (Lipinski definition) is 2. The molecule has 0 aliphatic carbocycles. The van der Waals surface area contributed by atoms with E-state index in [4.69, 9.17) is 0 Å². The fraction of sp³-hybridized carbons (Fsp3) is 1.00. The van der Waals surface area contributed by atoms with E-state index in [9.17, 15) is 10.2 Å². The first-order valence-corrected chi connectivity index (χ1v) is 4.83. The van der Waals surface area contributed by atoms with Gasteiger partial charge in [-0.3, -0.25) is 4.90 Å². The summed E-state index contributed by atoms with van der Waals surface area (Å²) < 4.78 is 0. The van der Waals surface area contributed by atoms with Gasteiger partial charge in [0.25, 0.3) is 0 Å². The van der Waals surface area contributed by atoms with Crippen molar-refractivity contribution < 1.29 is 10.2 Å². The molecule has 78 valence electrons. The van der Waals surface area contributed by atoms with Gasteiger partial charge < -0.3 is 10.2 Å². The summed E-state index contributed by atoms with van der Waals surface area (Å²) in [6.07, 6.45) is -0.269. The Hall–Kier alpha value is -0.120. The number of likely N-dealkylation sites (tertiary alicyclic amines) is 1. The molecule has 2 N–H and O–H groups in total. The van der Waals surface area contributed by atoms with Crippen LogP contribution in [0.5, 0.6) is 0 Å². The van der Waals surface area contributed by atoms with Crippen LogP contribution in [-0.4, -0.2) is 46.5 Å². The van der Waals surface area contributed by atoms with Gasteiger partial charge in [-0.05, 0) is 13.8 Å². The molecule has 1 saturated heterocycles. The SMILES string of the molecule is CC(C)(O)CN1CC(O)C(C)(C)C1. The molecule has 0 aromatic rings. The molecule has 3 nitrogen and oxygen atoms in total. The Bertz CT molecular complexity index is 182. The first-order valence-electron chi connectivity index (χ1n) is 4.83. The molecule has 1 rings (SSSR count). The maximum absolute atomic E-state index is 9.70. The summed E-state index contributed by atoms with van der Waals surface area (Å²) >= 11 is 0. The van der Waals surface area contributed by atoms with Crippen molar-refractivity contribution in [2.24, 2.45) is 5.41 Å². The highest BCUT2D eigenvalue weighted by atomic mass is 16.3. The quantitative estimate of drug-likeness (QED) is 0.660. The molecule has 1 aliphatic heterocycles. The zero-order valence-electron chi connectivity index (χ0n) is 9.04. The lowest BCUT2D eigenvalue weighted by molar-refractivity contribution is 0.0397. The molecule has 0 aromatic heterocycles. The molecule has 0 amide bonds. The van der Waals surface area contributed by atoms with E-state index in [2.05, 4.69) is 18.7 Å². The van der Waals surface area contributed by atoms with Crippen LogP contribution in [0.1, 0.15) is 27.7 Å². The van der Waals surface area contributed by atoms with Crippen LogP contribution in [0.3, 0.4) is 0 Å². The lowest BCUT2D eigenvalue weighted by Gasteiger charge is -2.26. The van der Waals surface area contributed by atoms with Crippen LogP contribution in [0.25, 0.3) is 0 Å². The Morgan fingerprint density at radius 1 is 1.46 bits per heavy atom. The van der Waals surface area contributed by atoms with Crippen molar-refractivity contribution >= 4 is 0 Å². The van der Waals surface area contributed by atoms with Crippen molar-refractivity contribution in [3.63, 3.8) is 0 Å². The molecular formula is C10H21NO2. The van der Waals surface area contributed by atoms with E-state index >= 15 is 0 Å². The molecular weight excluding hydrogens is 166 g/mol. The van der Waals surface area contributed by atoms with Crippen molar-refractivity contribution in [2.75, 3.05) is 19.6 Å². The van der Waals surface area contributed by atoms with E-state index < -0.39 is 5.60 Å². The minimum atomic E-state index is -0.667. The predicted molar refractivity (Wildman–Crippen MR) is 52.5 cm³/mol. The lowest BCUT2D eigenvalue weighted by Crippen LogP contribution is -2.38. The molecule has 1 fully saturated rings. The second kappa shape index (κ2) is 3.23. The topological polar surface area (TPSA) is 43.7 Å². The third kappa shape index (κ3) is 2.93. The smallest absolute Gasteiger partial charge is 0.0730 e. The molecule has 0 bridgehead atoms. The Labute approximate surface area is 80.4 Å². The van der Waals surface area contributed by atoms with Gasteiger partial charge in [0.2, 0.25) is 0 Å². The number of rotatable bonds is 2. The zero-order chi connectivity index (χ0) is 10.3. The Morgan fingerprint density at radius 2 is 2.00 bits per heavy atom. The van der Waals surface area contributed by atoms with Gasteiger partial charge in [-0.25, -0.2) is 0 Å². The standard InChI is InChI=1S/C10H21NO2/c1-9(2)6-11(5-8(9)12)7-10(3,4)13/h8,12-13H,5-7H2,1-4H3. The van der Waals surface area contributed by atoms with Crippen LogP contribution in [0, 0.1) is 5.41 Å². The maximum atomic E-state index is 9.70. The van der Waals surface area contributed by atoms with Crippen LogP contribution < -0.4 is 0 Å². The first-order chi connectivity index (χ1) is 5.71. The van der Waals surface area contributed by atoms with Crippen LogP contribution >= 0.6 is 0 Å². The van der Waals surface area contributed by atoms with Crippen molar-refractivity contribution in [1.82, 2.24) is 4.90 Å². The highest BCUT2D eigenvalue weighted by molar-refractivity contribution is 4.92. The van der Waals surface area contributed by atoms with E-state index in [1.54, 1.807) is 13.8 Å². The highest BCUT2D eigenvalue weighted by Gasteiger charge is 2.39. The van der Waals surface area contributed by atoms with E-state index in [0.29, 0.717) is 13.1 Å². The normalized spacial score (nSPS) is 29.5. The molecule has 3 heteroatoms. The third-order valence-electron chi connectivity index (χ3n) is 2.57. The Kier molecular flexibility index (Phi) is 2.72. The molecule has 0 aromatic carbocycles. The van der Waals surface area contributed by atoms with Gasteiger partial charge >= 0.3 is 0 Å². The highest BCUT2D eigenvalue weighted by Crippen LogP contribution is 2.30. The summed E-state index contributed by atoms with van der Waals surface area (Å²) in [5.74, 6) is 0. The van der Waals surface area contributed by atoms with Crippen LogP contribution in [0.2, 0.25) is 0 Å². The number of aliphatic hydroxyl groups excluding tert-OH is 1. The number of β-amino-alcohol motifs (C(OH)–C–C–N with tert-alkyl or cyclic N) is 2. The molecule has 0 radical (unpaired) electrons. The van der Waals surface area contributed by atoms with E-state index in [1.807, 2.05) is 0 Å². The lowest BCUT2D eigenvalue weighted by atomic mass is 9.90. The molecule has 1 atom stereocenters. The summed E-state index contributed by atoms with van der Waals surface area (Å²) in [5.41, 5.74) is -0.703. The van der Waals surface area contributed by atoms with Crippen molar-refractivity contribution in [1.29, 1.82) is 0 Å². The zero-order valence-corrected chi connectivity index (χ0v) is 9.04. The molecule has 0 spiro atoms. The van der Waals surface area contributed by atoms with Crippen LogP contribution in [0.15, 0.2) is 0 Å². The van der Waals surface area contributed by atoms with Gasteiger partial charge in [0.1, 0.15) is 0 Å². The molecule has 13 heavy (non-hydrogen) atoms. The summed E-state index contributed by atoms with van der Waals surface area (Å²) in [5, 5.41) is 19.3. The van der Waals surface area contributed by atoms with Gasteiger partial charge in [-0.15, -0.1) is 0 Å². The molecule has 1 aliphatic rings. The monoisotopic (exact) mass is 187 g/mol. The fourth-order valence-corrected chi connectivity index (χ4v) is 1.91. The minimum absolute atomic E-state index is 0.0365. The van der Waals surface area contributed by atoms with Gasteiger partial charge in [-0.2, -0.15) is 0 Å². The number of nitrogens with zero attached hydrogens (tertiary/aromatic N) is 1. The molecule has 1 heterocycles. The van der Waals surface area contributed by atoms with Crippen LogP contribution in [0.4, 0.5) is 0 Å². The predicted octanol–water partition coefficient (Wildman–Crippen LogP) is 0.460. The number of hydrogen-bond acceptors (Lipinski definition) is 3. The largest absolute Gasteiger partial charge is 0.391 e. The fourth-order valence-electron chi connectivity index (χ4n) is 1.91. The average molecular weight is 187 g/mol. The van der Waals surface area contributed by atoms with E-state index in [-0.39, 0.29) is 11.5 Å². The van der Waals surface area contributed by atoms with E-state index in [0.717, 1.165) is 6.54 Å². The molecule has 0 saturated carbocycles. The van der Waals surface area contributed by atoms with E-state index in [1.165, 1.54) is 0 Å². The van der Waals surface area contributed by atoms with Gasteiger partial charge in [-0.1, -0.05) is 13.8 Å². The first kappa shape index (κ1) is 11.0. The summed E-state index contributed by atoms with van der Waals surface area (Å²) in [6, 6.07) is 0. The maximum Gasteiger partial charge on any atom is 0.0730 e. The molecule has 1 unspecified atom stereocenters. The van der Waals surface area contributed by atoms with Crippen molar-refractivity contribution in [2.45, 2.75) is 39.4 Å². The van der Waals surface area contributed by atoms with Crippen molar-refractivity contribution in [3.8, 4) is 0 Å². The minimum Gasteiger partial charge on any atom is -0.391 e. The van der Waals surface area contributed by atoms with Crippen LogP contribution in [-0.2, 0) is 0 Å². The van der Waals surface area contributed by atoms with Crippen molar-refractivity contribution in [3.05, 3.63) is 0 Å². The third-order valence-corrected chi connectivity index (χ3v) is 2.57. The summed E-state index contributed by atoms with van der Waals surface area (Å²) in [4.78, 5) is 2.12. The Balaban J connectivity index is 2.50.